The fourth-order valence-electron chi connectivity index (χ4n) is 5.82. The molecule has 0 spiro atoms. The molecule has 2 N–H and O–H groups in total. The van der Waals surface area contributed by atoms with E-state index in [1.807, 2.05) is 11.5 Å². The van der Waals surface area contributed by atoms with Gasteiger partial charge in [0.25, 0.3) is 5.91 Å². The van der Waals surface area contributed by atoms with Crippen LogP contribution in [0.5, 0.6) is 0 Å². The van der Waals surface area contributed by atoms with Gasteiger partial charge in [0.2, 0.25) is 5.95 Å². The Bertz CT molecular complexity index is 1270. The largest absolute Gasteiger partial charge is 0.416 e. The van der Waals surface area contributed by atoms with Crippen molar-refractivity contribution in [3.05, 3.63) is 53.1 Å². The molecule has 1 amide bonds. The summed E-state index contributed by atoms with van der Waals surface area (Å²) in [5.74, 6) is -0.00835. The Kier molecular flexibility index (Phi) is 7.16. The molecule has 1 aliphatic carbocycles. The highest BCUT2D eigenvalue weighted by atomic mass is 19.4. The Morgan fingerprint density at radius 1 is 1.08 bits per heavy atom. The van der Waals surface area contributed by atoms with E-state index in [2.05, 4.69) is 22.3 Å². The number of anilines is 2. The fourth-order valence-corrected chi connectivity index (χ4v) is 5.82. The number of fused-ring (bicyclic) bond motifs is 1. The van der Waals surface area contributed by atoms with E-state index in [0.717, 1.165) is 86.0 Å². The first kappa shape index (κ1) is 25.6. The molecule has 5 rings (SSSR count). The number of amides is 1. The number of aryl methyl sites for hydroxylation is 1. The number of aliphatic hydroxyl groups is 1. The number of nitrogens with one attached hydrogen (secondary N) is 1. The quantitative estimate of drug-likeness (QED) is 0.418. The van der Waals surface area contributed by atoms with E-state index in [-0.39, 0.29) is 24.1 Å². The lowest BCUT2D eigenvalue weighted by atomic mass is 9.86. The number of carbonyl (C=O) groups excluding carboxylic acids is 1. The molecule has 37 heavy (non-hydrogen) atoms. The molecule has 1 aliphatic heterocycles. The number of piperidine rings is 1. The SMILES string of the molecule is Cc1c(N2CCCCC2)ccc2c1nc(NC(=O)c1cccc(C(F)(F)F)c1)n2[C@H]1CC[C@@H](CO)CC1. The second kappa shape index (κ2) is 10.4. The maximum Gasteiger partial charge on any atom is 0.416 e. The lowest BCUT2D eigenvalue weighted by molar-refractivity contribution is -0.137. The maximum atomic E-state index is 13.2. The van der Waals surface area contributed by atoms with Crippen LogP contribution in [-0.2, 0) is 6.18 Å². The van der Waals surface area contributed by atoms with Crippen molar-refractivity contribution in [1.82, 2.24) is 9.55 Å². The monoisotopic (exact) mass is 514 g/mol. The van der Waals surface area contributed by atoms with Crippen LogP contribution in [0.2, 0.25) is 0 Å². The first-order valence-corrected chi connectivity index (χ1v) is 13.1. The first-order valence-electron chi connectivity index (χ1n) is 13.1. The number of rotatable bonds is 5. The molecule has 0 atom stereocenters. The van der Waals surface area contributed by atoms with Gasteiger partial charge in [0.1, 0.15) is 0 Å². The van der Waals surface area contributed by atoms with E-state index < -0.39 is 17.6 Å². The summed E-state index contributed by atoms with van der Waals surface area (Å²) in [7, 11) is 0. The van der Waals surface area contributed by atoms with Crippen molar-refractivity contribution in [2.24, 2.45) is 5.92 Å². The van der Waals surface area contributed by atoms with Gasteiger partial charge in [-0.25, -0.2) is 4.98 Å². The Morgan fingerprint density at radius 3 is 2.49 bits per heavy atom. The second-order valence-electron chi connectivity index (χ2n) is 10.3. The van der Waals surface area contributed by atoms with Gasteiger partial charge in [-0.2, -0.15) is 13.2 Å². The lowest BCUT2D eigenvalue weighted by Crippen LogP contribution is -2.29. The summed E-state index contributed by atoms with van der Waals surface area (Å²) in [6.45, 7) is 4.20. The van der Waals surface area contributed by atoms with Crippen LogP contribution in [0.25, 0.3) is 11.0 Å². The molecule has 2 heterocycles. The van der Waals surface area contributed by atoms with Crippen LogP contribution in [0.15, 0.2) is 36.4 Å². The smallest absolute Gasteiger partial charge is 0.396 e. The zero-order valence-electron chi connectivity index (χ0n) is 21.0. The Morgan fingerprint density at radius 2 is 1.81 bits per heavy atom. The summed E-state index contributed by atoms with van der Waals surface area (Å²) in [5, 5.41) is 12.4. The number of aromatic nitrogens is 2. The molecule has 0 bridgehead atoms. The zero-order valence-corrected chi connectivity index (χ0v) is 21.0. The van der Waals surface area contributed by atoms with Crippen LogP contribution in [0.3, 0.4) is 0 Å². The summed E-state index contributed by atoms with van der Waals surface area (Å²) < 4.78 is 41.7. The van der Waals surface area contributed by atoms with E-state index >= 15 is 0 Å². The molecule has 2 aliphatic rings. The number of halogens is 3. The van der Waals surface area contributed by atoms with Gasteiger partial charge in [0.05, 0.1) is 16.6 Å². The number of benzene rings is 2. The van der Waals surface area contributed by atoms with Crippen LogP contribution >= 0.6 is 0 Å². The minimum Gasteiger partial charge on any atom is -0.396 e. The van der Waals surface area contributed by atoms with Gasteiger partial charge in [-0.1, -0.05) is 6.07 Å². The minimum absolute atomic E-state index is 0.0665. The molecule has 2 fully saturated rings. The third-order valence-electron chi connectivity index (χ3n) is 7.90. The number of hydrogen-bond donors (Lipinski definition) is 2. The number of aliphatic hydroxyl groups excluding tert-OH is 1. The topological polar surface area (TPSA) is 70.4 Å². The third kappa shape index (κ3) is 5.19. The van der Waals surface area contributed by atoms with E-state index in [1.54, 1.807) is 0 Å². The molecule has 9 heteroatoms. The van der Waals surface area contributed by atoms with Crippen molar-refractivity contribution in [3.8, 4) is 0 Å². The molecule has 2 aromatic carbocycles. The summed E-state index contributed by atoms with van der Waals surface area (Å²) in [6.07, 6.45) is 2.40. The van der Waals surface area contributed by atoms with Gasteiger partial charge in [-0.15, -0.1) is 0 Å². The molecule has 0 unspecified atom stereocenters. The van der Waals surface area contributed by atoms with Crippen molar-refractivity contribution in [2.45, 2.75) is 64.1 Å². The average Bonchev–Trinajstić information content (AvgIpc) is 3.27. The molecule has 1 aromatic heterocycles. The van der Waals surface area contributed by atoms with Gasteiger partial charge < -0.3 is 14.6 Å². The highest BCUT2D eigenvalue weighted by Crippen LogP contribution is 2.39. The molecule has 1 saturated heterocycles. The molecule has 6 nitrogen and oxygen atoms in total. The van der Waals surface area contributed by atoms with Crippen molar-refractivity contribution in [2.75, 3.05) is 29.9 Å². The normalized spacial score (nSPS) is 20.8. The van der Waals surface area contributed by atoms with Crippen molar-refractivity contribution < 1.29 is 23.1 Å². The zero-order chi connectivity index (χ0) is 26.2. The van der Waals surface area contributed by atoms with Gasteiger partial charge in [-0.05, 0) is 88.1 Å². The van der Waals surface area contributed by atoms with Crippen LogP contribution in [0.1, 0.15) is 72.5 Å². The number of carbonyl (C=O) groups is 1. The average molecular weight is 515 g/mol. The number of alkyl halides is 3. The molecule has 3 aromatic rings. The number of hydrogen-bond acceptors (Lipinski definition) is 4. The number of imidazole rings is 1. The van der Waals surface area contributed by atoms with Crippen LogP contribution in [0, 0.1) is 12.8 Å². The predicted molar refractivity (Wildman–Crippen MR) is 138 cm³/mol. The lowest BCUT2D eigenvalue weighted by Gasteiger charge is -2.31. The van der Waals surface area contributed by atoms with E-state index in [1.165, 1.54) is 18.6 Å². The summed E-state index contributed by atoms with van der Waals surface area (Å²) in [4.78, 5) is 20.4. The van der Waals surface area contributed by atoms with Crippen LogP contribution in [-0.4, -0.2) is 40.3 Å². The fraction of sp³-hybridized carbons (Fsp3) is 0.500. The second-order valence-corrected chi connectivity index (χ2v) is 10.3. The Balaban J connectivity index is 1.53. The molecular formula is C28H33F3N4O2. The van der Waals surface area contributed by atoms with Gasteiger partial charge >= 0.3 is 6.18 Å². The highest BCUT2D eigenvalue weighted by Gasteiger charge is 2.32. The number of nitrogens with zero attached hydrogens (tertiary/aromatic N) is 3. The molecule has 198 valence electrons. The van der Waals surface area contributed by atoms with E-state index in [0.29, 0.717) is 5.95 Å². The Hall–Kier alpha value is -3.07. The molecule has 0 radical (unpaired) electrons. The van der Waals surface area contributed by atoms with E-state index in [4.69, 9.17) is 4.98 Å². The molecule has 1 saturated carbocycles. The summed E-state index contributed by atoms with van der Waals surface area (Å²) >= 11 is 0. The van der Waals surface area contributed by atoms with Crippen LogP contribution < -0.4 is 10.2 Å². The van der Waals surface area contributed by atoms with Crippen molar-refractivity contribution in [3.63, 3.8) is 0 Å². The standard InChI is InChI=1S/C28H33F3N4O2/c1-18-23(34-14-3-2-4-15-34)12-13-24-25(18)32-27(35(24)22-10-8-19(17-36)9-11-22)33-26(37)20-6-5-7-21(16-20)28(29,30)31/h5-7,12-13,16,19,22,36H,2-4,8-11,14-15,17H2,1H3,(H,32,33,37)/t19-,22+. The predicted octanol–water partition coefficient (Wildman–Crippen LogP) is 6.33. The van der Waals surface area contributed by atoms with Gasteiger partial charge in [0, 0.05) is 42.6 Å². The van der Waals surface area contributed by atoms with Crippen molar-refractivity contribution >= 4 is 28.6 Å². The van der Waals surface area contributed by atoms with Crippen LogP contribution in [0.4, 0.5) is 24.8 Å². The Labute approximate surface area is 214 Å². The highest BCUT2D eigenvalue weighted by molar-refractivity contribution is 6.04. The molecular weight excluding hydrogens is 481 g/mol. The van der Waals surface area contributed by atoms with E-state index in [9.17, 15) is 23.1 Å². The van der Waals surface area contributed by atoms with Crippen molar-refractivity contribution in [1.29, 1.82) is 0 Å². The van der Waals surface area contributed by atoms with Gasteiger partial charge in [-0.3, -0.25) is 10.1 Å². The third-order valence-corrected chi connectivity index (χ3v) is 7.90. The minimum atomic E-state index is -4.53. The maximum absolute atomic E-state index is 13.2. The van der Waals surface area contributed by atoms with Gasteiger partial charge in [0.15, 0.2) is 0 Å². The summed E-state index contributed by atoms with van der Waals surface area (Å²) in [6, 6.07) is 8.70. The first-order chi connectivity index (χ1) is 17.8. The summed E-state index contributed by atoms with van der Waals surface area (Å²) in [5.41, 5.74) is 2.95.